The van der Waals surface area contributed by atoms with Crippen LogP contribution in [-0.4, -0.2) is 37.2 Å². The summed E-state index contributed by atoms with van der Waals surface area (Å²) in [5.41, 5.74) is 0. The van der Waals surface area contributed by atoms with E-state index in [4.69, 9.17) is 14.2 Å². The van der Waals surface area contributed by atoms with Gasteiger partial charge in [0.15, 0.2) is 6.10 Å². The topological polar surface area (TPSA) is 78.9 Å². The lowest BCUT2D eigenvalue weighted by Gasteiger charge is -2.18. The molecule has 0 radical (unpaired) electrons. The minimum absolute atomic E-state index is 0.0949. The fraction of sp³-hybridized carbons (Fsp3) is 0.667. The highest BCUT2D eigenvalue weighted by Gasteiger charge is 2.19. The van der Waals surface area contributed by atoms with Crippen molar-refractivity contribution < 1.29 is 28.6 Å². The van der Waals surface area contributed by atoms with Crippen LogP contribution in [0.15, 0.2) is 134 Å². The van der Waals surface area contributed by atoms with Crippen molar-refractivity contribution in [2.45, 2.75) is 309 Å². The molecule has 0 aliphatic carbocycles. The minimum Gasteiger partial charge on any atom is -0.462 e. The molecule has 460 valence electrons. The van der Waals surface area contributed by atoms with E-state index in [9.17, 15) is 14.4 Å². The van der Waals surface area contributed by atoms with E-state index >= 15 is 0 Å². The van der Waals surface area contributed by atoms with Gasteiger partial charge >= 0.3 is 17.9 Å². The SMILES string of the molecule is CC/C=C\C/C=C\C/C=C\C/C=C\C/C=C\C/C=C\C/C=C\C/C=C\CCCCCCC(=O)OCC(COC(=O)CCCCCCC/C=C\CCCCCC)OC(=O)CCCCCCCCCCC/C=C\C/C=C\CCCCCCC. The standard InChI is InChI=1S/C75H124O6/c1-4-7-10-13-16-19-22-25-27-29-31-33-34-35-36-37-38-39-40-42-43-45-47-50-53-56-59-62-65-68-74(77)80-71-72(70-79-73(76)67-64-61-58-55-52-49-24-21-18-15-12-9-6-3)81-75(78)69-66-63-60-57-54-51-48-46-44-41-32-30-28-26-23-20-17-14-11-8-5-2/h7,10,16,19,21,23-27,30-33,35-36,38-39,42-43,47,50,72H,4-6,8-9,11-15,17-18,20,22,28-29,34,37,40-41,44-46,48-49,51-71H2,1-3H3/b10-7-,19-16-,24-21-,26-23-,27-25-,32-30-,33-31-,36-35-,39-38-,43-42-,50-47-. The van der Waals surface area contributed by atoms with E-state index in [1.807, 2.05) is 0 Å². The predicted octanol–water partition coefficient (Wildman–Crippen LogP) is 23.3. The Kier molecular flexibility index (Phi) is 64.3. The van der Waals surface area contributed by atoms with Crippen LogP contribution in [0.25, 0.3) is 0 Å². The van der Waals surface area contributed by atoms with Crippen molar-refractivity contribution in [3.05, 3.63) is 134 Å². The lowest BCUT2D eigenvalue weighted by Crippen LogP contribution is -2.30. The molecule has 0 aromatic rings. The Hall–Kier alpha value is -4.45. The largest absolute Gasteiger partial charge is 0.462 e. The summed E-state index contributed by atoms with van der Waals surface area (Å²) in [5, 5.41) is 0. The molecule has 0 aliphatic heterocycles. The maximum atomic E-state index is 12.9. The van der Waals surface area contributed by atoms with Gasteiger partial charge in [0.2, 0.25) is 0 Å². The summed E-state index contributed by atoms with van der Waals surface area (Å²) in [4.78, 5) is 38.4. The maximum absolute atomic E-state index is 12.9. The summed E-state index contributed by atoms with van der Waals surface area (Å²) in [6, 6.07) is 0. The Morgan fingerprint density at radius 1 is 0.259 bits per heavy atom. The van der Waals surface area contributed by atoms with Gasteiger partial charge in [-0.2, -0.15) is 0 Å². The van der Waals surface area contributed by atoms with Gasteiger partial charge in [-0.25, -0.2) is 0 Å². The van der Waals surface area contributed by atoms with Gasteiger partial charge in [-0.15, -0.1) is 0 Å². The molecule has 0 aromatic carbocycles. The number of carbonyl (C=O) groups is 3. The van der Waals surface area contributed by atoms with Crippen molar-refractivity contribution in [2.24, 2.45) is 0 Å². The van der Waals surface area contributed by atoms with Gasteiger partial charge in [0.1, 0.15) is 13.2 Å². The molecule has 6 nitrogen and oxygen atoms in total. The first-order valence-electron chi connectivity index (χ1n) is 33.7. The molecule has 0 N–H and O–H groups in total. The number of esters is 3. The van der Waals surface area contributed by atoms with Gasteiger partial charge in [0.25, 0.3) is 0 Å². The van der Waals surface area contributed by atoms with Crippen molar-refractivity contribution in [2.75, 3.05) is 13.2 Å². The Morgan fingerprint density at radius 2 is 0.481 bits per heavy atom. The highest BCUT2D eigenvalue weighted by atomic mass is 16.6. The van der Waals surface area contributed by atoms with E-state index in [1.54, 1.807) is 0 Å². The van der Waals surface area contributed by atoms with Crippen LogP contribution in [0.1, 0.15) is 303 Å². The fourth-order valence-corrected chi connectivity index (χ4v) is 9.07. The van der Waals surface area contributed by atoms with E-state index < -0.39 is 6.10 Å². The molecule has 0 bridgehead atoms. The number of allylic oxidation sites excluding steroid dienone is 22. The second kappa shape index (κ2) is 68.1. The first-order chi connectivity index (χ1) is 40.0. The van der Waals surface area contributed by atoms with Crippen molar-refractivity contribution in [3.63, 3.8) is 0 Å². The van der Waals surface area contributed by atoms with Crippen LogP contribution in [-0.2, 0) is 28.6 Å². The fourth-order valence-electron chi connectivity index (χ4n) is 9.07. The Balaban J connectivity index is 4.40. The molecular formula is C75H124O6. The van der Waals surface area contributed by atoms with Gasteiger partial charge in [-0.05, 0) is 141 Å². The van der Waals surface area contributed by atoms with Crippen LogP contribution in [0, 0.1) is 0 Å². The first-order valence-corrected chi connectivity index (χ1v) is 33.7. The summed E-state index contributed by atoms with van der Waals surface area (Å²) < 4.78 is 16.9. The normalized spacial score (nSPS) is 13.0. The summed E-state index contributed by atoms with van der Waals surface area (Å²) in [6.07, 6.45) is 96.0. The average molecular weight is 1120 g/mol. The molecule has 0 rings (SSSR count). The van der Waals surface area contributed by atoms with Gasteiger partial charge in [-0.1, -0.05) is 276 Å². The molecule has 81 heavy (non-hydrogen) atoms. The summed E-state index contributed by atoms with van der Waals surface area (Å²) in [6.45, 7) is 6.48. The van der Waals surface area contributed by atoms with Crippen molar-refractivity contribution in [3.8, 4) is 0 Å². The molecular weight excluding hydrogens is 997 g/mol. The lowest BCUT2D eigenvalue weighted by molar-refractivity contribution is -0.167. The van der Waals surface area contributed by atoms with E-state index in [0.717, 1.165) is 141 Å². The molecule has 0 saturated heterocycles. The third kappa shape index (κ3) is 66.2. The van der Waals surface area contributed by atoms with E-state index in [0.29, 0.717) is 19.3 Å². The van der Waals surface area contributed by atoms with Crippen LogP contribution >= 0.6 is 0 Å². The second-order valence-corrected chi connectivity index (χ2v) is 22.0. The van der Waals surface area contributed by atoms with Gasteiger partial charge in [0, 0.05) is 19.3 Å². The zero-order valence-electron chi connectivity index (χ0n) is 52.8. The van der Waals surface area contributed by atoms with Gasteiger partial charge in [0.05, 0.1) is 0 Å². The van der Waals surface area contributed by atoms with Gasteiger partial charge in [-0.3, -0.25) is 14.4 Å². The maximum Gasteiger partial charge on any atom is 0.306 e. The molecule has 0 heterocycles. The summed E-state index contributed by atoms with van der Waals surface area (Å²) in [5.74, 6) is -0.929. The first kappa shape index (κ1) is 76.5. The zero-order chi connectivity index (χ0) is 58.5. The lowest BCUT2D eigenvalue weighted by atomic mass is 10.1. The number of hydrogen-bond acceptors (Lipinski definition) is 6. The molecule has 1 unspecified atom stereocenters. The number of unbranched alkanes of at least 4 members (excludes halogenated alkanes) is 27. The monoisotopic (exact) mass is 1120 g/mol. The Labute approximate surface area is 500 Å². The summed E-state index contributed by atoms with van der Waals surface area (Å²) >= 11 is 0. The van der Waals surface area contributed by atoms with Crippen molar-refractivity contribution >= 4 is 17.9 Å². The molecule has 0 aromatic heterocycles. The minimum atomic E-state index is -0.800. The third-order valence-electron chi connectivity index (χ3n) is 14.1. The second-order valence-electron chi connectivity index (χ2n) is 22.0. The van der Waals surface area contributed by atoms with Gasteiger partial charge < -0.3 is 14.2 Å². The van der Waals surface area contributed by atoms with Crippen LogP contribution in [0.5, 0.6) is 0 Å². The molecule has 1 atom stereocenters. The highest BCUT2D eigenvalue weighted by molar-refractivity contribution is 5.71. The van der Waals surface area contributed by atoms with Crippen LogP contribution < -0.4 is 0 Å². The Morgan fingerprint density at radius 3 is 0.778 bits per heavy atom. The van der Waals surface area contributed by atoms with E-state index in [1.165, 1.54) is 122 Å². The molecule has 0 aliphatic rings. The van der Waals surface area contributed by atoms with Crippen LogP contribution in [0.3, 0.4) is 0 Å². The van der Waals surface area contributed by atoms with Crippen molar-refractivity contribution in [1.82, 2.24) is 0 Å². The van der Waals surface area contributed by atoms with Crippen molar-refractivity contribution in [1.29, 1.82) is 0 Å². The smallest absolute Gasteiger partial charge is 0.306 e. The molecule has 0 amide bonds. The van der Waals surface area contributed by atoms with E-state index in [-0.39, 0.29) is 31.1 Å². The number of rotatable bonds is 60. The molecule has 6 heteroatoms. The molecule has 0 spiro atoms. The zero-order valence-corrected chi connectivity index (χ0v) is 52.8. The predicted molar refractivity (Wildman–Crippen MR) is 353 cm³/mol. The molecule has 0 fully saturated rings. The number of ether oxygens (including phenoxy) is 3. The molecule has 0 saturated carbocycles. The summed E-state index contributed by atoms with van der Waals surface area (Å²) in [7, 11) is 0. The third-order valence-corrected chi connectivity index (χ3v) is 14.1. The van der Waals surface area contributed by atoms with Crippen LogP contribution in [0.4, 0.5) is 0 Å². The average Bonchev–Trinajstić information content (AvgIpc) is 3.46. The Bertz CT molecular complexity index is 1720. The van der Waals surface area contributed by atoms with E-state index in [2.05, 4.69) is 154 Å². The highest BCUT2D eigenvalue weighted by Crippen LogP contribution is 2.15. The quantitative estimate of drug-likeness (QED) is 0.0261. The number of hydrogen-bond donors (Lipinski definition) is 0. The number of carbonyl (C=O) groups excluding carboxylic acids is 3. The van der Waals surface area contributed by atoms with Crippen LogP contribution in [0.2, 0.25) is 0 Å².